The molecule has 0 amide bonds. The van der Waals surface area contributed by atoms with Crippen LogP contribution in [0.3, 0.4) is 0 Å². The third-order valence-corrected chi connectivity index (χ3v) is 5.84. The predicted molar refractivity (Wildman–Crippen MR) is 106 cm³/mol. The minimum atomic E-state index is 0.417. The SMILES string of the molecule is CCCc1cc(N2CCC(c3noc(C4CC4)n3)CC2)c2ccccc2n1. The molecule has 5 rings (SSSR count). The Morgan fingerprint density at radius 3 is 2.63 bits per heavy atom. The molecule has 0 bridgehead atoms. The first-order chi connectivity index (χ1) is 13.3. The van der Waals surface area contributed by atoms with Crippen molar-refractivity contribution in [2.24, 2.45) is 0 Å². The van der Waals surface area contributed by atoms with E-state index in [4.69, 9.17) is 9.51 Å². The standard InChI is InChI=1S/C22H26N4O/c1-2-5-17-14-20(18-6-3-4-7-19(18)23-17)26-12-10-15(11-13-26)21-24-22(27-25-21)16-8-9-16/h3-4,6-7,14-16H,2,5,8-13H2,1H3. The molecule has 2 aliphatic rings. The van der Waals surface area contributed by atoms with Crippen molar-refractivity contribution in [1.29, 1.82) is 0 Å². The van der Waals surface area contributed by atoms with Gasteiger partial charge >= 0.3 is 0 Å². The van der Waals surface area contributed by atoms with E-state index in [2.05, 4.69) is 52.3 Å². The molecule has 0 unspecified atom stereocenters. The molecule has 5 nitrogen and oxygen atoms in total. The summed E-state index contributed by atoms with van der Waals surface area (Å²) in [7, 11) is 0. The fraction of sp³-hybridized carbons (Fsp3) is 0.500. The van der Waals surface area contributed by atoms with Crippen LogP contribution in [0.1, 0.15) is 68.3 Å². The van der Waals surface area contributed by atoms with Crippen molar-refractivity contribution in [3.8, 4) is 0 Å². The molecule has 1 aliphatic carbocycles. The van der Waals surface area contributed by atoms with Gasteiger partial charge in [0.1, 0.15) is 0 Å². The highest BCUT2D eigenvalue weighted by Gasteiger charge is 2.32. The van der Waals surface area contributed by atoms with Crippen LogP contribution in [-0.2, 0) is 6.42 Å². The summed E-state index contributed by atoms with van der Waals surface area (Å²) in [4.78, 5) is 12.0. The fourth-order valence-corrected chi connectivity index (χ4v) is 4.14. The molecular weight excluding hydrogens is 336 g/mol. The monoisotopic (exact) mass is 362 g/mol. The van der Waals surface area contributed by atoms with Crippen molar-refractivity contribution in [1.82, 2.24) is 15.1 Å². The zero-order valence-corrected chi connectivity index (χ0v) is 15.9. The number of hydrogen-bond donors (Lipinski definition) is 0. The van der Waals surface area contributed by atoms with Gasteiger partial charge in [0.2, 0.25) is 5.89 Å². The molecular formula is C22H26N4O. The third-order valence-electron chi connectivity index (χ3n) is 5.84. The number of benzene rings is 1. The second kappa shape index (κ2) is 6.95. The molecule has 1 aromatic carbocycles. The summed E-state index contributed by atoms with van der Waals surface area (Å²) in [6.45, 7) is 4.26. The third kappa shape index (κ3) is 3.31. The maximum Gasteiger partial charge on any atom is 0.229 e. The van der Waals surface area contributed by atoms with Crippen molar-refractivity contribution in [3.05, 3.63) is 47.7 Å². The average molecular weight is 362 g/mol. The van der Waals surface area contributed by atoms with Crippen molar-refractivity contribution >= 4 is 16.6 Å². The Hall–Kier alpha value is -2.43. The second-order valence-corrected chi connectivity index (χ2v) is 7.93. The molecule has 27 heavy (non-hydrogen) atoms. The fourth-order valence-electron chi connectivity index (χ4n) is 4.14. The van der Waals surface area contributed by atoms with Gasteiger partial charge in [-0.25, -0.2) is 0 Å². The van der Waals surface area contributed by atoms with Gasteiger partial charge < -0.3 is 9.42 Å². The highest BCUT2D eigenvalue weighted by Crippen LogP contribution is 2.40. The van der Waals surface area contributed by atoms with E-state index in [-0.39, 0.29) is 0 Å². The van der Waals surface area contributed by atoms with Crippen LogP contribution in [0.4, 0.5) is 5.69 Å². The van der Waals surface area contributed by atoms with E-state index in [0.29, 0.717) is 11.8 Å². The second-order valence-electron chi connectivity index (χ2n) is 7.93. The Morgan fingerprint density at radius 1 is 1.04 bits per heavy atom. The lowest BCUT2D eigenvalue weighted by molar-refractivity contribution is 0.365. The first-order valence-electron chi connectivity index (χ1n) is 10.3. The van der Waals surface area contributed by atoms with Gasteiger partial charge in [-0.2, -0.15) is 4.98 Å². The van der Waals surface area contributed by atoms with Gasteiger partial charge in [-0.15, -0.1) is 0 Å². The van der Waals surface area contributed by atoms with Gasteiger partial charge in [0.15, 0.2) is 5.82 Å². The number of aromatic nitrogens is 3. The quantitative estimate of drug-likeness (QED) is 0.650. The van der Waals surface area contributed by atoms with Crippen LogP contribution in [0.15, 0.2) is 34.9 Å². The predicted octanol–water partition coefficient (Wildman–Crippen LogP) is 4.83. The number of pyridine rings is 1. The summed E-state index contributed by atoms with van der Waals surface area (Å²) in [5.41, 5.74) is 3.63. The number of aryl methyl sites for hydroxylation is 1. The Balaban J connectivity index is 1.36. The Bertz CT molecular complexity index is 938. The van der Waals surface area contributed by atoms with Gasteiger partial charge in [-0.3, -0.25) is 4.98 Å². The maximum absolute atomic E-state index is 5.47. The highest BCUT2D eigenvalue weighted by molar-refractivity contribution is 5.92. The molecule has 3 heterocycles. The normalized spacial score (nSPS) is 18.3. The first-order valence-corrected chi connectivity index (χ1v) is 10.3. The summed E-state index contributed by atoms with van der Waals surface area (Å²) in [5, 5.41) is 5.53. The number of piperidine rings is 1. The van der Waals surface area contributed by atoms with E-state index in [0.717, 1.165) is 56.0 Å². The zero-order chi connectivity index (χ0) is 18.2. The molecule has 140 valence electrons. The zero-order valence-electron chi connectivity index (χ0n) is 15.9. The van der Waals surface area contributed by atoms with E-state index in [1.165, 1.54) is 29.6 Å². The summed E-state index contributed by atoms with van der Waals surface area (Å²) >= 11 is 0. The van der Waals surface area contributed by atoms with Crippen LogP contribution in [0.5, 0.6) is 0 Å². The summed E-state index contributed by atoms with van der Waals surface area (Å²) in [6.07, 6.45) is 6.70. The molecule has 0 atom stereocenters. The Kier molecular flexibility index (Phi) is 4.30. The molecule has 5 heteroatoms. The minimum Gasteiger partial charge on any atom is -0.371 e. The number of hydrogen-bond acceptors (Lipinski definition) is 5. The Labute approximate surface area is 159 Å². The minimum absolute atomic E-state index is 0.417. The molecule has 1 aliphatic heterocycles. The van der Waals surface area contributed by atoms with Crippen LogP contribution in [0.2, 0.25) is 0 Å². The lowest BCUT2D eigenvalue weighted by Gasteiger charge is -2.33. The van der Waals surface area contributed by atoms with E-state index >= 15 is 0 Å². The van der Waals surface area contributed by atoms with Crippen molar-refractivity contribution in [2.45, 2.75) is 57.3 Å². The van der Waals surface area contributed by atoms with Crippen LogP contribution in [0, 0.1) is 0 Å². The molecule has 2 aromatic heterocycles. The number of fused-ring (bicyclic) bond motifs is 1. The lowest BCUT2D eigenvalue weighted by atomic mass is 9.95. The average Bonchev–Trinajstić information content (AvgIpc) is 3.45. The van der Waals surface area contributed by atoms with Crippen LogP contribution in [0.25, 0.3) is 10.9 Å². The lowest BCUT2D eigenvalue weighted by Crippen LogP contribution is -2.33. The molecule has 0 N–H and O–H groups in total. The van der Waals surface area contributed by atoms with Crippen molar-refractivity contribution < 1.29 is 4.52 Å². The van der Waals surface area contributed by atoms with E-state index in [9.17, 15) is 0 Å². The number of nitrogens with zero attached hydrogens (tertiary/aromatic N) is 4. The molecule has 0 radical (unpaired) electrons. The molecule has 2 fully saturated rings. The van der Waals surface area contributed by atoms with E-state index in [1.807, 2.05) is 0 Å². The number of rotatable bonds is 5. The molecule has 1 saturated carbocycles. The van der Waals surface area contributed by atoms with E-state index in [1.54, 1.807) is 0 Å². The summed E-state index contributed by atoms with van der Waals surface area (Å²) < 4.78 is 5.47. The Morgan fingerprint density at radius 2 is 1.85 bits per heavy atom. The largest absolute Gasteiger partial charge is 0.371 e. The molecule has 1 saturated heterocycles. The first kappa shape index (κ1) is 16.7. The van der Waals surface area contributed by atoms with Crippen molar-refractivity contribution in [3.63, 3.8) is 0 Å². The topological polar surface area (TPSA) is 55.1 Å². The van der Waals surface area contributed by atoms with Crippen LogP contribution in [-0.4, -0.2) is 28.2 Å². The van der Waals surface area contributed by atoms with Crippen LogP contribution < -0.4 is 4.90 Å². The van der Waals surface area contributed by atoms with Gasteiger partial charge in [0, 0.05) is 41.7 Å². The number of anilines is 1. The summed E-state index contributed by atoms with van der Waals surface area (Å²) in [5.74, 6) is 2.73. The highest BCUT2D eigenvalue weighted by atomic mass is 16.5. The van der Waals surface area contributed by atoms with Gasteiger partial charge in [-0.1, -0.05) is 36.7 Å². The van der Waals surface area contributed by atoms with Gasteiger partial charge in [0.25, 0.3) is 0 Å². The van der Waals surface area contributed by atoms with E-state index < -0.39 is 0 Å². The van der Waals surface area contributed by atoms with Crippen LogP contribution >= 0.6 is 0 Å². The smallest absolute Gasteiger partial charge is 0.229 e. The number of para-hydroxylation sites is 1. The molecule has 3 aromatic rings. The van der Waals surface area contributed by atoms with Crippen molar-refractivity contribution in [2.75, 3.05) is 18.0 Å². The van der Waals surface area contributed by atoms with Gasteiger partial charge in [-0.05, 0) is 44.2 Å². The van der Waals surface area contributed by atoms with Gasteiger partial charge in [0.05, 0.1) is 5.52 Å². The summed E-state index contributed by atoms with van der Waals surface area (Å²) in [6, 6.07) is 10.8. The molecule has 0 spiro atoms. The maximum atomic E-state index is 5.47.